The van der Waals surface area contributed by atoms with E-state index in [1.165, 1.54) is 96.7 Å². The zero-order valence-corrected chi connectivity index (χ0v) is 15.9. The standard InChI is InChI=1S/C20H44N2/c1-4-6-8-10-12-14-17-22(19-16-20(3)21)18-15-13-11-9-7-5-2/h20H,4-19,21H2,1-3H3. The Kier molecular flexibility index (Phi) is 17.2. The lowest BCUT2D eigenvalue weighted by Gasteiger charge is -2.23. The van der Waals surface area contributed by atoms with Gasteiger partial charge < -0.3 is 10.6 Å². The van der Waals surface area contributed by atoms with Crippen molar-refractivity contribution in [2.24, 2.45) is 5.73 Å². The molecule has 1 unspecified atom stereocenters. The van der Waals surface area contributed by atoms with Gasteiger partial charge in [-0.05, 0) is 45.8 Å². The zero-order valence-electron chi connectivity index (χ0n) is 15.9. The van der Waals surface area contributed by atoms with Gasteiger partial charge in [-0.2, -0.15) is 0 Å². The molecule has 22 heavy (non-hydrogen) atoms. The Labute approximate surface area is 141 Å². The summed E-state index contributed by atoms with van der Waals surface area (Å²) in [6.45, 7) is 10.5. The average molecular weight is 313 g/mol. The molecule has 0 saturated carbocycles. The lowest BCUT2D eigenvalue weighted by molar-refractivity contribution is 0.252. The number of unbranched alkanes of at least 4 members (excludes halogenated alkanes) is 10. The number of hydrogen-bond acceptors (Lipinski definition) is 2. The fourth-order valence-corrected chi connectivity index (χ4v) is 2.95. The fourth-order valence-electron chi connectivity index (χ4n) is 2.95. The molecule has 0 bridgehead atoms. The fraction of sp³-hybridized carbons (Fsp3) is 1.00. The van der Waals surface area contributed by atoms with Crippen LogP contribution in [-0.2, 0) is 0 Å². The molecule has 0 spiro atoms. The van der Waals surface area contributed by atoms with Crippen molar-refractivity contribution in [3.8, 4) is 0 Å². The largest absolute Gasteiger partial charge is 0.328 e. The van der Waals surface area contributed by atoms with Crippen molar-refractivity contribution in [1.82, 2.24) is 4.90 Å². The van der Waals surface area contributed by atoms with Gasteiger partial charge in [0.25, 0.3) is 0 Å². The molecule has 2 heteroatoms. The summed E-state index contributed by atoms with van der Waals surface area (Å²) in [5.41, 5.74) is 5.93. The molecule has 0 radical (unpaired) electrons. The molecule has 2 N–H and O–H groups in total. The minimum atomic E-state index is 0.344. The molecule has 134 valence electrons. The Balaban J connectivity index is 3.70. The summed E-state index contributed by atoms with van der Waals surface area (Å²) in [6.07, 6.45) is 17.9. The summed E-state index contributed by atoms with van der Waals surface area (Å²) in [6, 6.07) is 0.344. The van der Waals surface area contributed by atoms with Gasteiger partial charge in [-0.3, -0.25) is 0 Å². The van der Waals surface area contributed by atoms with Crippen molar-refractivity contribution in [2.75, 3.05) is 19.6 Å². The van der Waals surface area contributed by atoms with E-state index >= 15 is 0 Å². The molecule has 1 atom stereocenters. The van der Waals surface area contributed by atoms with Crippen LogP contribution in [0.1, 0.15) is 104 Å². The highest BCUT2D eigenvalue weighted by Gasteiger charge is 2.06. The maximum Gasteiger partial charge on any atom is 0.00226 e. The Hall–Kier alpha value is -0.0800. The Morgan fingerprint density at radius 1 is 0.636 bits per heavy atom. The minimum Gasteiger partial charge on any atom is -0.328 e. The molecule has 0 saturated heterocycles. The number of nitrogens with zero attached hydrogens (tertiary/aromatic N) is 1. The predicted octanol–water partition coefficient (Wildman–Crippen LogP) is 5.75. The third-order valence-electron chi connectivity index (χ3n) is 4.56. The molecule has 0 aliphatic rings. The maximum atomic E-state index is 5.93. The number of rotatable bonds is 17. The molecule has 0 aliphatic heterocycles. The van der Waals surface area contributed by atoms with Crippen LogP contribution in [0.15, 0.2) is 0 Å². The van der Waals surface area contributed by atoms with Crippen LogP contribution in [-0.4, -0.2) is 30.6 Å². The second-order valence-electron chi connectivity index (χ2n) is 7.14. The molecule has 0 rings (SSSR count). The summed E-state index contributed by atoms with van der Waals surface area (Å²) in [7, 11) is 0. The van der Waals surface area contributed by atoms with E-state index in [-0.39, 0.29) is 0 Å². The van der Waals surface area contributed by atoms with E-state index in [2.05, 4.69) is 25.7 Å². The zero-order chi connectivity index (χ0) is 16.5. The highest BCUT2D eigenvalue weighted by molar-refractivity contribution is 4.63. The van der Waals surface area contributed by atoms with Crippen LogP contribution in [0.5, 0.6) is 0 Å². The smallest absolute Gasteiger partial charge is 0.00226 e. The molecule has 0 fully saturated rings. The summed E-state index contributed by atoms with van der Waals surface area (Å²) in [5, 5.41) is 0. The van der Waals surface area contributed by atoms with E-state index in [1.54, 1.807) is 0 Å². The second kappa shape index (κ2) is 17.3. The van der Waals surface area contributed by atoms with E-state index in [1.807, 2.05) is 0 Å². The lowest BCUT2D eigenvalue weighted by Crippen LogP contribution is -2.31. The van der Waals surface area contributed by atoms with Gasteiger partial charge in [-0.1, -0.05) is 78.1 Å². The normalized spacial score (nSPS) is 13.0. The average Bonchev–Trinajstić information content (AvgIpc) is 2.50. The van der Waals surface area contributed by atoms with Crippen LogP contribution in [0.25, 0.3) is 0 Å². The van der Waals surface area contributed by atoms with Crippen molar-refractivity contribution >= 4 is 0 Å². The Morgan fingerprint density at radius 2 is 1.05 bits per heavy atom. The van der Waals surface area contributed by atoms with Crippen LogP contribution in [0.3, 0.4) is 0 Å². The molecule has 0 heterocycles. The van der Waals surface area contributed by atoms with Gasteiger partial charge in [-0.25, -0.2) is 0 Å². The van der Waals surface area contributed by atoms with E-state index in [9.17, 15) is 0 Å². The third kappa shape index (κ3) is 16.3. The predicted molar refractivity (Wildman–Crippen MR) is 101 cm³/mol. The van der Waals surface area contributed by atoms with Crippen molar-refractivity contribution in [2.45, 2.75) is 110 Å². The maximum absolute atomic E-state index is 5.93. The molecular formula is C20H44N2. The van der Waals surface area contributed by atoms with Gasteiger partial charge in [0.15, 0.2) is 0 Å². The molecule has 0 aromatic heterocycles. The number of hydrogen-bond donors (Lipinski definition) is 1. The second-order valence-corrected chi connectivity index (χ2v) is 7.14. The first-order chi connectivity index (χ1) is 10.7. The van der Waals surface area contributed by atoms with Gasteiger partial charge in [0.1, 0.15) is 0 Å². The van der Waals surface area contributed by atoms with Gasteiger partial charge in [0.2, 0.25) is 0 Å². The first-order valence-corrected chi connectivity index (χ1v) is 10.2. The van der Waals surface area contributed by atoms with Crippen molar-refractivity contribution < 1.29 is 0 Å². The topological polar surface area (TPSA) is 29.3 Å². The van der Waals surface area contributed by atoms with Crippen LogP contribution < -0.4 is 5.73 Å². The first-order valence-electron chi connectivity index (χ1n) is 10.2. The monoisotopic (exact) mass is 312 g/mol. The van der Waals surface area contributed by atoms with E-state index < -0.39 is 0 Å². The highest BCUT2D eigenvalue weighted by Crippen LogP contribution is 2.09. The van der Waals surface area contributed by atoms with Crippen molar-refractivity contribution in [3.63, 3.8) is 0 Å². The van der Waals surface area contributed by atoms with Gasteiger partial charge >= 0.3 is 0 Å². The summed E-state index contributed by atoms with van der Waals surface area (Å²) < 4.78 is 0. The quantitative estimate of drug-likeness (QED) is 0.347. The van der Waals surface area contributed by atoms with Crippen LogP contribution in [0, 0.1) is 0 Å². The first kappa shape index (κ1) is 21.9. The van der Waals surface area contributed by atoms with Gasteiger partial charge in [0, 0.05) is 6.04 Å². The third-order valence-corrected chi connectivity index (χ3v) is 4.56. The number of nitrogens with two attached hydrogens (primary N) is 1. The summed E-state index contributed by atoms with van der Waals surface area (Å²) >= 11 is 0. The van der Waals surface area contributed by atoms with Crippen molar-refractivity contribution in [3.05, 3.63) is 0 Å². The van der Waals surface area contributed by atoms with Crippen molar-refractivity contribution in [1.29, 1.82) is 0 Å². The van der Waals surface area contributed by atoms with Crippen LogP contribution >= 0.6 is 0 Å². The lowest BCUT2D eigenvalue weighted by atomic mass is 10.1. The Morgan fingerprint density at radius 3 is 1.45 bits per heavy atom. The Bertz CT molecular complexity index is 188. The van der Waals surface area contributed by atoms with Crippen LogP contribution in [0.4, 0.5) is 0 Å². The summed E-state index contributed by atoms with van der Waals surface area (Å²) in [5.74, 6) is 0. The van der Waals surface area contributed by atoms with E-state index in [0.29, 0.717) is 6.04 Å². The minimum absolute atomic E-state index is 0.344. The molecule has 0 aromatic carbocycles. The highest BCUT2D eigenvalue weighted by atomic mass is 15.1. The molecule has 0 amide bonds. The van der Waals surface area contributed by atoms with Crippen LogP contribution in [0.2, 0.25) is 0 Å². The SMILES string of the molecule is CCCCCCCCN(CCCCCCCC)CCC(C)N. The molecule has 2 nitrogen and oxygen atoms in total. The van der Waals surface area contributed by atoms with E-state index in [0.717, 1.165) is 6.42 Å². The molecule has 0 aromatic rings. The summed E-state index contributed by atoms with van der Waals surface area (Å²) in [4.78, 5) is 2.67. The molecular weight excluding hydrogens is 268 g/mol. The van der Waals surface area contributed by atoms with Gasteiger partial charge in [0.05, 0.1) is 0 Å². The molecule has 0 aliphatic carbocycles. The van der Waals surface area contributed by atoms with Gasteiger partial charge in [-0.15, -0.1) is 0 Å². The van der Waals surface area contributed by atoms with E-state index in [4.69, 9.17) is 5.73 Å².